The van der Waals surface area contributed by atoms with Gasteiger partial charge in [-0.3, -0.25) is 4.79 Å². The van der Waals surface area contributed by atoms with Gasteiger partial charge >= 0.3 is 0 Å². The quantitative estimate of drug-likeness (QED) is 0.367. The lowest BCUT2D eigenvalue weighted by Crippen LogP contribution is -2.33. The summed E-state index contributed by atoms with van der Waals surface area (Å²) in [5.41, 5.74) is 6.48. The molecule has 0 saturated heterocycles. The SMILES string of the molecule is CC(C)(C)c1ccccc1C1(c2ccccc2C(C)(C)C)C=CC(C(=O)c2ccccc2)=CC1. The third-order valence-electron chi connectivity index (χ3n) is 6.92. The maximum atomic E-state index is 13.2. The Kier molecular flexibility index (Phi) is 6.25. The van der Waals surface area contributed by atoms with Crippen molar-refractivity contribution in [3.8, 4) is 0 Å². The van der Waals surface area contributed by atoms with Crippen LogP contribution in [0.4, 0.5) is 0 Å². The Hall–Kier alpha value is -3.19. The van der Waals surface area contributed by atoms with Crippen molar-refractivity contribution < 1.29 is 4.79 Å². The van der Waals surface area contributed by atoms with Crippen LogP contribution in [0.3, 0.4) is 0 Å². The molecule has 1 heteroatoms. The van der Waals surface area contributed by atoms with Crippen LogP contribution in [0.5, 0.6) is 0 Å². The summed E-state index contributed by atoms with van der Waals surface area (Å²) in [6, 6.07) is 27.2. The number of carbonyl (C=O) groups excluding carboxylic acids is 1. The van der Waals surface area contributed by atoms with E-state index in [1.165, 1.54) is 22.3 Å². The molecule has 0 fully saturated rings. The first-order valence-corrected chi connectivity index (χ1v) is 12.2. The van der Waals surface area contributed by atoms with E-state index in [9.17, 15) is 4.79 Å². The van der Waals surface area contributed by atoms with E-state index in [0.717, 1.165) is 17.6 Å². The second kappa shape index (κ2) is 8.87. The van der Waals surface area contributed by atoms with Gasteiger partial charge in [0.25, 0.3) is 0 Å². The van der Waals surface area contributed by atoms with E-state index in [1.807, 2.05) is 30.3 Å². The lowest BCUT2D eigenvalue weighted by molar-refractivity contribution is 0.103. The molecule has 0 aliphatic heterocycles. The highest BCUT2D eigenvalue weighted by Crippen LogP contribution is 2.47. The molecule has 1 aliphatic rings. The number of Topliss-reactive ketones (excluding diaryl/α,β-unsaturated/α-hetero) is 1. The maximum Gasteiger partial charge on any atom is 0.192 e. The Bertz CT molecular complexity index is 1190. The van der Waals surface area contributed by atoms with E-state index in [0.29, 0.717) is 0 Å². The number of ketones is 1. The van der Waals surface area contributed by atoms with Gasteiger partial charge in [-0.1, -0.05) is 139 Å². The zero-order valence-electron chi connectivity index (χ0n) is 21.4. The monoisotopic (exact) mass is 448 g/mol. The van der Waals surface area contributed by atoms with Gasteiger partial charge in [-0.05, 0) is 39.5 Å². The van der Waals surface area contributed by atoms with E-state index in [2.05, 4.69) is 108 Å². The van der Waals surface area contributed by atoms with Crippen LogP contribution in [0.25, 0.3) is 0 Å². The van der Waals surface area contributed by atoms with Gasteiger partial charge in [-0.2, -0.15) is 0 Å². The summed E-state index contributed by atoms with van der Waals surface area (Å²) in [6.45, 7) is 13.7. The lowest BCUT2D eigenvalue weighted by atomic mass is 9.62. The minimum Gasteiger partial charge on any atom is -0.289 e. The number of rotatable bonds is 4. The van der Waals surface area contributed by atoms with Crippen LogP contribution >= 0.6 is 0 Å². The normalized spacial score (nSPS) is 15.6. The van der Waals surface area contributed by atoms with Gasteiger partial charge in [0.2, 0.25) is 0 Å². The molecule has 0 aromatic heterocycles. The second-order valence-electron chi connectivity index (χ2n) is 11.5. The fraction of sp³-hybridized carbons (Fsp3) is 0.303. The number of hydrogen-bond acceptors (Lipinski definition) is 1. The molecule has 0 bridgehead atoms. The van der Waals surface area contributed by atoms with Gasteiger partial charge in [0.15, 0.2) is 5.78 Å². The van der Waals surface area contributed by atoms with Crippen LogP contribution < -0.4 is 0 Å². The smallest absolute Gasteiger partial charge is 0.192 e. The Labute approximate surface area is 205 Å². The molecule has 34 heavy (non-hydrogen) atoms. The van der Waals surface area contributed by atoms with E-state index in [1.54, 1.807) is 0 Å². The summed E-state index contributed by atoms with van der Waals surface area (Å²) in [5, 5.41) is 0. The van der Waals surface area contributed by atoms with Gasteiger partial charge in [-0.25, -0.2) is 0 Å². The molecule has 0 radical (unpaired) electrons. The van der Waals surface area contributed by atoms with Gasteiger partial charge < -0.3 is 0 Å². The van der Waals surface area contributed by atoms with Crippen molar-refractivity contribution in [2.75, 3.05) is 0 Å². The molecule has 3 aromatic carbocycles. The molecular formula is C33H36O. The number of carbonyl (C=O) groups is 1. The third-order valence-corrected chi connectivity index (χ3v) is 6.92. The highest BCUT2D eigenvalue weighted by molar-refractivity contribution is 6.10. The molecule has 0 heterocycles. The largest absolute Gasteiger partial charge is 0.289 e. The predicted molar refractivity (Wildman–Crippen MR) is 144 cm³/mol. The number of allylic oxidation sites excluding steroid dienone is 4. The van der Waals surface area contributed by atoms with Gasteiger partial charge in [-0.15, -0.1) is 0 Å². The molecular weight excluding hydrogens is 412 g/mol. The summed E-state index contributed by atoms with van der Waals surface area (Å²) < 4.78 is 0. The van der Waals surface area contributed by atoms with Gasteiger partial charge in [0, 0.05) is 16.6 Å². The van der Waals surface area contributed by atoms with Crippen molar-refractivity contribution in [1.82, 2.24) is 0 Å². The molecule has 1 aliphatic carbocycles. The van der Waals surface area contributed by atoms with Gasteiger partial charge in [0.05, 0.1) is 0 Å². The molecule has 0 atom stereocenters. The third kappa shape index (κ3) is 4.44. The van der Waals surface area contributed by atoms with Crippen molar-refractivity contribution in [2.45, 2.75) is 64.2 Å². The minimum atomic E-state index is -0.339. The average molecular weight is 449 g/mol. The minimum absolute atomic E-state index is 0.00202. The molecule has 0 unspecified atom stereocenters. The Morgan fingerprint density at radius 3 is 1.59 bits per heavy atom. The highest BCUT2D eigenvalue weighted by Gasteiger charge is 2.39. The summed E-state index contributed by atoms with van der Waals surface area (Å²) in [4.78, 5) is 13.2. The maximum absolute atomic E-state index is 13.2. The highest BCUT2D eigenvalue weighted by atomic mass is 16.1. The Morgan fingerprint density at radius 1 is 0.676 bits per heavy atom. The summed E-state index contributed by atoms with van der Waals surface area (Å²) in [7, 11) is 0. The topological polar surface area (TPSA) is 17.1 Å². The summed E-state index contributed by atoms with van der Waals surface area (Å²) in [5.74, 6) is 0.0821. The molecule has 3 aromatic rings. The number of benzene rings is 3. The van der Waals surface area contributed by atoms with E-state index in [4.69, 9.17) is 0 Å². The van der Waals surface area contributed by atoms with Crippen LogP contribution in [-0.4, -0.2) is 5.78 Å². The summed E-state index contributed by atoms with van der Waals surface area (Å²) >= 11 is 0. The first-order chi connectivity index (χ1) is 16.0. The first-order valence-electron chi connectivity index (χ1n) is 12.2. The van der Waals surface area contributed by atoms with Crippen LogP contribution in [0.2, 0.25) is 0 Å². The molecule has 1 nitrogen and oxygen atoms in total. The fourth-order valence-electron chi connectivity index (χ4n) is 5.16. The van der Waals surface area contributed by atoms with Crippen molar-refractivity contribution in [3.63, 3.8) is 0 Å². The average Bonchev–Trinajstić information content (AvgIpc) is 2.83. The number of hydrogen-bond donors (Lipinski definition) is 0. The van der Waals surface area contributed by atoms with Crippen molar-refractivity contribution >= 4 is 5.78 Å². The zero-order chi connectivity index (χ0) is 24.6. The van der Waals surface area contributed by atoms with Crippen LogP contribution in [0.1, 0.15) is 80.6 Å². The second-order valence-corrected chi connectivity index (χ2v) is 11.5. The summed E-state index contributed by atoms with van der Waals surface area (Å²) in [6.07, 6.45) is 7.24. The first kappa shape index (κ1) is 24.0. The van der Waals surface area contributed by atoms with Crippen LogP contribution in [0, 0.1) is 0 Å². The molecule has 0 spiro atoms. The Morgan fingerprint density at radius 2 is 1.15 bits per heavy atom. The lowest BCUT2D eigenvalue weighted by Gasteiger charge is -2.40. The Balaban J connectivity index is 1.92. The van der Waals surface area contributed by atoms with Gasteiger partial charge in [0.1, 0.15) is 0 Å². The van der Waals surface area contributed by atoms with Crippen molar-refractivity contribution in [2.24, 2.45) is 0 Å². The molecule has 0 N–H and O–H groups in total. The standard InChI is InChI=1S/C33H36O/c1-31(2,3)26-16-10-12-18-28(26)33(29-19-13-11-17-27(29)32(4,5)6)22-20-25(21-23-33)30(34)24-14-8-7-9-15-24/h7-22H,23H2,1-6H3. The van der Waals surface area contributed by atoms with Crippen molar-refractivity contribution in [3.05, 3.63) is 130 Å². The van der Waals surface area contributed by atoms with E-state index < -0.39 is 0 Å². The predicted octanol–water partition coefficient (Wildman–Crippen LogP) is 8.34. The molecule has 174 valence electrons. The van der Waals surface area contributed by atoms with Crippen LogP contribution in [0.15, 0.2) is 103 Å². The van der Waals surface area contributed by atoms with E-state index in [-0.39, 0.29) is 22.0 Å². The fourth-order valence-corrected chi connectivity index (χ4v) is 5.16. The van der Waals surface area contributed by atoms with Crippen LogP contribution in [-0.2, 0) is 16.2 Å². The van der Waals surface area contributed by atoms with Crippen molar-refractivity contribution in [1.29, 1.82) is 0 Å². The van der Waals surface area contributed by atoms with E-state index >= 15 is 0 Å². The molecule has 0 saturated carbocycles. The zero-order valence-corrected chi connectivity index (χ0v) is 21.4. The molecule has 4 rings (SSSR count). The molecule has 0 amide bonds.